The van der Waals surface area contributed by atoms with Crippen LogP contribution in [-0.4, -0.2) is 6.04 Å². The minimum atomic E-state index is 0.576. The molecule has 1 nitrogen and oxygen atoms in total. The summed E-state index contributed by atoms with van der Waals surface area (Å²) in [5.74, 6) is 1.01. The Bertz CT molecular complexity index is 119. The van der Waals surface area contributed by atoms with Crippen LogP contribution in [0.25, 0.3) is 0 Å². The van der Waals surface area contributed by atoms with E-state index < -0.39 is 0 Å². The van der Waals surface area contributed by atoms with Crippen molar-refractivity contribution in [2.75, 3.05) is 0 Å². The Balaban J connectivity index is 2.11. The summed E-state index contributed by atoms with van der Waals surface area (Å²) in [6.07, 6.45) is 11.5. The van der Waals surface area contributed by atoms with E-state index in [1.165, 1.54) is 51.4 Å². The van der Waals surface area contributed by atoms with E-state index in [2.05, 4.69) is 24.5 Å². The molecule has 0 bridgehead atoms. The molecule has 1 rings (SSSR count). The fourth-order valence-corrected chi connectivity index (χ4v) is 2.33. The summed E-state index contributed by atoms with van der Waals surface area (Å²) in [7, 11) is 0. The lowest BCUT2D eigenvalue weighted by Crippen LogP contribution is -2.17. The predicted octanol–water partition coefficient (Wildman–Crippen LogP) is 3.56. The summed E-state index contributed by atoms with van der Waals surface area (Å²) in [5, 5.41) is 0. The first-order valence-corrected chi connectivity index (χ1v) is 6.17. The Morgan fingerprint density at radius 3 is 2.38 bits per heavy atom. The van der Waals surface area contributed by atoms with E-state index in [4.69, 9.17) is 0 Å². The van der Waals surface area contributed by atoms with Crippen molar-refractivity contribution in [2.45, 2.75) is 64.3 Å². The van der Waals surface area contributed by atoms with E-state index in [0.717, 1.165) is 5.92 Å². The first-order chi connectivity index (χ1) is 6.33. The van der Waals surface area contributed by atoms with Gasteiger partial charge in [-0.3, -0.25) is 4.72 Å². The minimum Gasteiger partial charge on any atom is -0.264 e. The van der Waals surface area contributed by atoms with Gasteiger partial charge in [0.05, 0.1) is 0 Å². The van der Waals surface area contributed by atoms with Crippen molar-refractivity contribution < 1.29 is 0 Å². The highest BCUT2D eigenvalue weighted by Gasteiger charge is 2.12. The number of rotatable bonds is 4. The molecule has 0 spiro atoms. The van der Waals surface area contributed by atoms with Crippen molar-refractivity contribution in [2.24, 2.45) is 5.92 Å². The zero-order chi connectivity index (χ0) is 9.52. The first kappa shape index (κ1) is 11.4. The maximum atomic E-state index is 4.08. The van der Waals surface area contributed by atoms with E-state index in [9.17, 15) is 0 Å². The fraction of sp³-hybridized carbons (Fsp3) is 1.00. The Hall–Kier alpha value is 0.310. The van der Waals surface area contributed by atoms with E-state index in [1.807, 2.05) is 0 Å². The van der Waals surface area contributed by atoms with E-state index in [1.54, 1.807) is 0 Å². The second kappa shape index (κ2) is 6.72. The average Bonchev–Trinajstić information content (AvgIpc) is 2.42. The van der Waals surface area contributed by atoms with Gasteiger partial charge in [0.15, 0.2) is 0 Å². The lowest BCUT2D eigenvalue weighted by molar-refractivity contribution is 0.397. The van der Waals surface area contributed by atoms with Crippen molar-refractivity contribution in [3.8, 4) is 0 Å². The largest absolute Gasteiger partial charge is 0.264 e. The molecule has 1 fully saturated rings. The maximum Gasteiger partial charge on any atom is 0.0141 e. The molecule has 1 aliphatic carbocycles. The van der Waals surface area contributed by atoms with Crippen LogP contribution in [0.2, 0.25) is 0 Å². The third kappa shape index (κ3) is 4.92. The SMILES string of the molecule is CC(CCC1CCCCCC1)NS. The zero-order valence-corrected chi connectivity index (χ0v) is 9.65. The molecule has 1 saturated carbocycles. The molecule has 0 amide bonds. The second-order valence-corrected chi connectivity index (χ2v) is 4.72. The monoisotopic (exact) mass is 201 g/mol. The Morgan fingerprint density at radius 2 is 1.85 bits per heavy atom. The standard InChI is InChI=1S/C11H23NS/c1-10(12-13)8-9-11-6-4-2-3-5-7-11/h10-13H,2-9H2,1H3. The van der Waals surface area contributed by atoms with Gasteiger partial charge in [0.2, 0.25) is 0 Å². The molecular weight excluding hydrogens is 178 g/mol. The minimum absolute atomic E-state index is 0.576. The van der Waals surface area contributed by atoms with Crippen LogP contribution in [0.5, 0.6) is 0 Å². The zero-order valence-electron chi connectivity index (χ0n) is 8.76. The lowest BCUT2D eigenvalue weighted by atomic mass is 9.93. The topological polar surface area (TPSA) is 12.0 Å². The summed E-state index contributed by atoms with van der Waals surface area (Å²) in [5.41, 5.74) is 0. The summed E-state index contributed by atoms with van der Waals surface area (Å²) in [6.45, 7) is 2.21. The van der Waals surface area contributed by atoms with E-state index in [-0.39, 0.29) is 0 Å². The van der Waals surface area contributed by atoms with E-state index >= 15 is 0 Å². The Labute approximate surface area is 88.2 Å². The van der Waals surface area contributed by atoms with Gasteiger partial charge < -0.3 is 0 Å². The molecule has 0 aromatic rings. The van der Waals surface area contributed by atoms with Crippen LogP contribution in [0.3, 0.4) is 0 Å². The van der Waals surface area contributed by atoms with Gasteiger partial charge in [-0.1, -0.05) is 51.3 Å². The highest BCUT2D eigenvalue weighted by molar-refractivity contribution is 7.78. The Kier molecular flexibility index (Phi) is 5.88. The first-order valence-electron chi connectivity index (χ1n) is 5.72. The van der Waals surface area contributed by atoms with Gasteiger partial charge in [0, 0.05) is 6.04 Å². The van der Waals surface area contributed by atoms with Crippen LogP contribution in [0.1, 0.15) is 58.3 Å². The van der Waals surface area contributed by atoms with Crippen molar-refractivity contribution in [3.63, 3.8) is 0 Å². The molecule has 1 N–H and O–H groups in total. The second-order valence-electron chi connectivity index (χ2n) is 4.47. The summed E-state index contributed by atoms with van der Waals surface area (Å²) in [4.78, 5) is 0. The molecule has 1 atom stereocenters. The van der Waals surface area contributed by atoms with Crippen molar-refractivity contribution in [1.29, 1.82) is 0 Å². The molecule has 0 saturated heterocycles. The summed E-state index contributed by atoms with van der Waals surface area (Å²) < 4.78 is 3.01. The third-order valence-corrected chi connectivity index (χ3v) is 3.64. The Morgan fingerprint density at radius 1 is 1.23 bits per heavy atom. The molecule has 78 valence electrons. The molecule has 0 aromatic carbocycles. The number of thiol groups is 1. The smallest absolute Gasteiger partial charge is 0.0141 e. The predicted molar refractivity (Wildman–Crippen MR) is 62.0 cm³/mol. The van der Waals surface area contributed by atoms with Crippen LogP contribution in [0.4, 0.5) is 0 Å². The highest BCUT2D eigenvalue weighted by Crippen LogP contribution is 2.26. The highest BCUT2D eigenvalue weighted by atomic mass is 32.1. The molecule has 0 aromatic heterocycles. The van der Waals surface area contributed by atoms with Gasteiger partial charge in [-0.05, 0) is 25.7 Å². The van der Waals surface area contributed by atoms with Crippen LogP contribution in [0.15, 0.2) is 0 Å². The molecule has 1 aliphatic rings. The quantitative estimate of drug-likeness (QED) is 0.523. The number of nitrogens with one attached hydrogen (secondary N) is 1. The number of hydrogen-bond acceptors (Lipinski definition) is 2. The van der Waals surface area contributed by atoms with Crippen molar-refractivity contribution >= 4 is 12.8 Å². The van der Waals surface area contributed by atoms with Gasteiger partial charge in [-0.25, -0.2) is 0 Å². The lowest BCUT2D eigenvalue weighted by Gasteiger charge is -2.16. The molecule has 13 heavy (non-hydrogen) atoms. The van der Waals surface area contributed by atoms with Gasteiger partial charge in [-0.15, -0.1) is 0 Å². The van der Waals surface area contributed by atoms with Crippen LogP contribution < -0.4 is 4.72 Å². The van der Waals surface area contributed by atoms with Crippen LogP contribution in [-0.2, 0) is 0 Å². The van der Waals surface area contributed by atoms with Gasteiger partial charge in [0.1, 0.15) is 0 Å². The van der Waals surface area contributed by atoms with Crippen LogP contribution >= 0.6 is 12.8 Å². The van der Waals surface area contributed by atoms with Gasteiger partial charge in [0.25, 0.3) is 0 Å². The van der Waals surface area contributed by atoms with Gasteiger partial charge >= 0.3 is 0 Å². The maximum absolute atomic E-state index is 4.08. The molecular formula is C11H23NS. The molecule has 0 aliphatic heterocycles. The van der Waals surface area contributed by atoms with Crippen LogP contribution in [0, 0.1) is 5.92 Å². The fourth-order valence-electron chi connectivity index (χ4n) is 2.20. The average molecular weight is 201 g/mol. The molecule has 0 heterocycles. The third-order valence-electron chi connectivity index (χ3n) is 3.20. The van der Waals surface area contributed by atoms with E-state index in [0.29, 0.717) is 6.04 Å². The summed E-state index contributed by atoms with van der Waals surface area (Å²) >= 11 is 4.08. The number of hydrogen-bond donors (Lipinski definition) is 2. The summed E-state index contributed by atoms with van der Waals surface area (Å²) in [6, 6.07) is 0.576. The molecule has 1 unspecified atom stereocenters. The van der Waals surface area contributed by atoms with Crippen molar-refractivity contribution in [3.05, 3.63) is 0 Å². The van der Waals surface area contributed by atoms with Gasteiger partial charge in [-0.2, -0.15) is 0 Å². The van der Waals surface area contributed by atoms with Crippen molar-refractivity contribution in [1.82, 2.24) is 4.72 Å². The normalized spacial score (nSPS) is 22.6. The molecule has 2 heteroatoms. The molecule has 0 radical (unpaired) electrons.